The quantitative estimate of drug-likeness (QED) is 0.900. The Bertz CT molecular complexity index is 745. The van der Waals surface area contributed by atoms with Crippen molar-refractivity contribution in [2.24, 2.45) is 0 Å². The summed E-state index contributed by atoms with van der Waals surface area (Å²) >= 11 is 0. The smallest absolute Gasteiger partial charge is 0.394 e. The fourth-order valence-electron chi connectivity index (χ4n) is 2.46. The molecule has 1 atom stereocenters. The molecule has 0 aliphatic heterocycles. The van der Waals surface area contributed by atoms with Gasteiger partial charge in [0.1, 0.15) is 5.69 Å². The number of pyridine rings is 1. The molecule has 2 aromatic rings. The highest BCUT2D eigenvalue weighted by molar-refractivity contribution is 5.94. The third-order valence-corrected chi connectivity index (χ3v) is 3.56. The highest BCUT2D eigenvalue weighted by Crippen LogP contribution is 2.34. The average Bonchev–Trinajstić information content (AvgIpc) is 2.51. The summed E-state index contributed by atoms with van der Waals surface area (Å²) in [6.07, 6.45) is -3.08. The number of carbonyl (C=O) groups is 1. The molecule has 1 unspecified atom stereocenters. The fraction of sp³-hybridized carbons (Fsp3) is 0.294. The van der Waals surface area contributed by atoms with Crippen LogP contribution in [0.15, 0.2) is 36.5 Å². The molecule has 2 rings (SSSR count). The number of rotatable bonds is 4. The highest BCUT2D eigenvalue weighted by Gasteiger charge is 2.35. The maximum absolute atomic E-state index is 13.1. The van der Waals surface area contributed by atoms with Gasteiger partial charge < -0.3 is 10.4 Å². The van der Waals surface area contributed by atoms with Crippen LogP contribution in [0.5, 0.6) is 0 Å². The molecular formula is C17H17F3N2O2. The number of alkyl halides is 3. The lowest BCUT2D eigenvalue weighted by molar-refractivity contribution is -0.138. The van der Waals surface area contributed by atoms with Crippen LogP contribution in [0.4, 0.5) is 13.2 Å². The molecule has 128 valence electrons. The lowest BCUT2D eigenvalue weighted by Crippen LogP contribution is -2.33. The monoisotopic (exact) mass is 338 g/mol. The van der Waals surface area contributed by atoms with E-state index in [4.69, 9.17) is 0 Å². The van der Waals surface area contributed by atoms with Crippen molar-refractivity contribution in [3.63, 3.8) is 0 Å². The van der Waals surface area contributed by atoms with Crippen molar-refractivity contribution in [2.45, 2.75) is 26.1 Å². The molecular weight excluding hydrogens is 321 g/mol. The highest BCUT2D eigenvalue weighted by atomic mass is 19.4. The van der Waals surface area contributed by atoms with Crippen molar-refractivity contribution >= 4 is 5.91 Å². The summed E-state index contributed by atoms with van der Waals surface area (Å²) in [5.41, 5.74) is 0.505. The Labute approximate surface area is 137 Å². The van der Waals surface area contributed by atoms with Crippen LogP contribution in [0.1, 0.15) is 38.8 Å². The van der Waals surface area contributed by atoms with Crippen LogP contribution < -0.4 is 5.32 Å². The first-order valence-electron chi connectivity index (χ1n) is 7.25. The summed E-state index contributed by atoms with van der Waals surface area (Å²) in [4.78, 5) is 16.3. The van der Waals surface area contributed by atoms with Crippen LogP contribution >= 0.6 is 0 Å². The van der Waals surface area contributed by atoms with Crippen LogP contribution in [-0.4, -0.2) is 22.6 Å². The standard InChI is InChI=1S/C17H17F3N2O2/c1-10-7-11(2)15(21-8-10)16(24)22-14(9-23)12-5-3-4-6-13(12)17(18,19)20/h3-8,14,23H,9H2,1-2H3,(H,22,24). The molecule has 0 aliphatic carbocycles. The van der Waals surface area contributed by atoms with E-state index < -0.39 is 30.3 Å². The van der Waals surface area contributed by atoms with Crippen molar-refractivity contribution in [3.05, 3.63) is 64.5 Å². The van der Waals surface area contributed by atoms with Gasteiger partial charge in [0, 0.05) is 6.20 Å². The number of hydrogen-bond acceptors (Lipinski definition) is 3. The Morgan fingerprint density at radius 3 is 2.54 bits per heavy atom. The van der Waals surface area contributed by atoms with Crippen LogP contribution in [-0.2, 0) is 6.18 Å². The number of benzene rings is 1. The van der Waals surface area contributed by atoms with Crippen molar-refractivity contribution in [1.29, 1.82) is 0 Å². The Morgan fingerprint density at radius 1 is 1.29 bits per heavy atom. The van der Waals surface area contributed by atoms with E-state index in [1.165, 1.54) is 24.4 Å². The molecule has 0 fully saturated rings. The van der Waals surface area contributed by atoms with E-state index in [0.29, 0.717) is 5.56 Å². The molecule has 1 amide bonds. The normalized spacial score (nSPS) is 12.8. The first-order valence-corrected chi connectivity index (χ1v) is 7.25. The fourth-order valence-corrected chi connectivity index (χ4v) is 2.46. The molecule has 0 bridgehead atoms. The molecule has 2 N–H and O–H groups in total. The minimum absolute atomic E-state index is 0.114. The molecule has 0 spiro atoms. The number of aliphatic hydroxyl groups excluding tert-OH is 1. The van der Waals surface area contributed by atoms with Crippen LogP contribution in [0.2, 0.25) is 0 Å². The summed E-state index contributed by atoms with van der Waals surface area (Å²) in [6, 6.07) is 5.40. The van der Waals surface area contributed by atoms with E-state index in [1.807, 2.05) is 6.92 Å². The van der Waals surface area contributed by atoms with Crippen LogP contribution in [0.3, 0.4) is 0 Å². The lowest BCUT2D eigenvalue weighted by Gasteiger charge is -2.21. The number of aromatic nitrogens is 1. The van der Waals surface area contributed by atoms with Crippen molar-refractivity contribution in [3.8, 4) is 0 Å². The van der Waals surface area contributed by atoms with Gasteiger partial charge in [-0.25, -0.2) is 0 Å². The maximum Gasteiger partial charge on any atom is 0.416 e. The molecule has 7 heteroatoms. The van der Waals surface area contributed by atoms with Gasteiger partial charge in [-0.1, -0.05) is 24.3 Å². The van der Waals surface area contributed by atoms with Gasteiger partial charge in [-0.15, -0.1) is 0 Å². The zero-order valence-corrected chi connectivity index (χ0v) is 13.2. The second-order valence-corrected chi connectivity index (χ2v) is 5.47. The van der Waals surface area contributed by atoms with E-state index in [-0.39, 0.29) is 11.3 Å². The summed E-state index contributed by atoms with van der Waals surface area (Å²) in [5, 5.41) is 11.9. The number of aliphatic hydroxyl groups is 1. The van der Waals surface area contributed by atoms with E-state index in [1.54, 1.807) is 13.0 Å². The molecule has 24 heavy (non-hydrogen) atoms. The Kier molecular flexibility index (Phi) is 5.23. The minimum atomic E-state index is -4.58. The minimum Gasteiger partial charge on any atom is -0.394 e. The van der Waals surface area contributed by atoms with Gasteiger partial charge in [-0.05, 0) is 36.6 Å². The lowest BCUT2D eigenvalue weighted by atomic mass is 10.00. The first-order chi connectivity index (χ1) is 11.2. The number of amides is 1. The van der Waals surface area contributed by atoms with Gasteiger partial charge in [0.05, 0.1) is 18.2 Å². The summed E-state index contributed by atoms with van der Waals surface area (Å²) in [6.45, 7) is 2.84. The van der Waals surface area contributed by atoms with E-state index >= 15 is 0 Å². The topological polar surface area (TPSA) is 62.2 Å². The molecule has 4 nitrogen and oxygen atoms in total. The number of carbonyl (C=O) groups excluding carboxylic acids is 1. The van der Waals surface area contributed by atoms with Gasteiger partial charge in [-0.2, -0.15) is 13.2 Å². The zero-order chi connectivity index (χ0) is 17.9. The number of halogens is 3. The predicted octanol–water partition coefficient (Wildman–Crippen LogP) is 3.18. The summed E-state index contributed by atoms with van der Waals surface area (Å²) in [5.74, 6) is -0.636. The molecule has 1 heterocycles. The second-order valence-electron chi connectivity index (χ2n) is 5.47. The van der Waals surface area contributed by atoms with Gasteiger partial charge in [0.15, 0.2) is 0 Å². The van der Waals surface area contributed by atoms with E-state index in [2.05, 4.69) is 10.3 Å². The van der Waals surface area contributed by atoms with Gasteiger partial charge in [-0.3, -0.25) is 9.78 Å². The van der Waals surface area contributed by atoms with Gasteiger partial charge in [0.2, 0.25) is 0 Å². The predicted molar refractivity (Wildman–Crippen MR) is 82.4 cm³/mol. The Morgan fingerprint density at radius 2 is 1.96 bits per heavy atom. The third-order valence-electron chi connectivity index (χ3n) is 3.56. The number of aryl methyl sites for hydroxylation is 2. The van der Waals surface area contributed by atoms with Gasteiger partial charge in [0.25, 0.3) is 5.91 Å². The van der Waals surface area contributed by atoms with Gasteiger partial charge >= 0.3 is 6.18 Å². The molecule has 0 radical (unpaired) electrons. The van der Waals surface area contributed by atoms with Crippen molar-refractivity contribution in [2.75, 3.05) is 6.61 Å². The Hall–Kier alpha value is -2.41. The van der Waals surface area contributed by atoms with Crippen LogP contribution in [0.25, 0.3) is 0 Å². The van der Waals surface area contributed by atoms with Crippen molar-refractivity contribution in [1.82, 2.24) is 10.3 Å². The summed E-state index contributed by atoms with van der Waals surface area (Å²) < 4.78 is 39.3. The SMILES string of the molecule is Cc1cnc(C(=O)NC(CO)c2ccccc2C(F)(F)F)c(C)c1. The van der Waals surface area contributed by atoms with E-state index in [9.17, 15) is 23.1 Å². The average molecular weight is 338 g/mol. The number of nitrogens with one attached hydrogen (secondary N) is 1. The van der Waals surface area contributed by atoms with Crippen LogP contribution in [0, 0.1) is 13.8 Å². The molecule has 0 aliphatic rings. The molecule has 0 saturated heterocycles. The number of nitrogens with zero attached hydrogens (tertiary/aromatic N) is 1. The second kappa shape index (κ2) is 7.00. The third kappa shape index (κ3) is 3.91. The molecule has 1 aromatic carbocycles. The zero-order valence-electron chi connectivity index (χ0n) is 13.2. The number of hydrogen-bond donors (Lipinski definition) is 2. The van der Waals surface area contributed by atoms with Crippen molar-refractivity contribution < 1.29 is 23.1 Å². The summed E-state index contributed by atoms with van der Waals surface area (Å²) in [7, 11) is 0. The largest absolute Gasteiger partial charge is 0.416 e. The molecule has 1 aromatic heterocycles. The maximum atomic E-state index is 13.1. The molecule has 0 saturated carbocycles. The Balaban J connectivity index is 2.32. The van der Waals surface area contributed by atoms with E-state index in [0.717, 1.165) is 11.6 Å². The first kappa shape index (κ1) is 17.9.